The minimum atomic E-state index is -0.932. The van der Waals surface area contributed by atoms with Crippen molar-refractivity contribution in [3.63, 3.8) is 0 Å². The van der Waals surface area contributed by atoms with E-state index in [1.54, 1.807) is 13.0 Å². The van der Waals surface area contributed by atoms with E-state index in [0.717, 1.165) is 0 Å². The fourth-order valence-corrected chi connectivity index (χ4v) is 2.51. The van der Waals surface area contributed by atoms with Crippen LogP contribution in [0.5, 0.6) is 11.5 Å². The van der Waals surface area contributed by atoms with E-state index in [0.29, 0.717) is 28.5 Å². The molecule has 1 aromatic carbocycles. The van der Waals surface area contributed by atoms with Crippen molar-refractivity contribution in [1.29, 1.82) is 0 Å². The van der Waals surface area contributed by atoms with Crippen molar-refractivity contribution in [2.45, 2.75) is 19.6 Å². The average molecular weight is 283 g/mol. The third-order valence-electron chi connectivity index (χ3n) is 3.32. The highest BCUT2D eigenvalue weighted by molar-refractivity contribution is 6.32. The molecule has 1 heterocycles. The summed E-state index contributed by atoms with van der Waals surface area (Å²) in [5.41, 5.74) is 0.371. The first-order chi connectivity index (χ1) is 8.97. The number of hydrogen-bond acceptors (Lipinski definition) is 4. The number of ether oxygens (including phenoxy) is 2. The van der Waals surface area contributed by atoms with Crippen LogP contribution < -0.4 is 9.47 Å². The average Bonchev–Trinajstić information content (AvgIpc) is 3.05. The molecule has 3 atom stereocenters. The predicted molar refractivity (Wildman–Crippen MR) is 65.7 cm³/mol. The summed E-state index contributed by atoms with van der Waals surface area (Å²) in [7, 11) is 0. The van der Waals surface area contributed by atoms with Crippen LogP contribution in [0.2, 0.25) is 5.02 Å². The highest BCUT2D eigenvalue weighted by Gasteiger charge is 2.48. The van der Waals surface area contributed by atoms with Gasteiger partial charge in [0.25, 0.3) is 0 Å². The Morgan fingerprint density at radius 1 is 1.32 bits per heavy atom. The zero-order valence-electron chi connectivity index (χ0n) is 10.1. The highest BCUT2D eigenvalue weighted by Crippen LogP contribution is 2.45. The van der Waals surface area contributed by atoms with E-state index in [1.807, 2.05) is 0 Å². The topological polar surface area (TPSA) is 72.8 Å². The summed E-state index contributed by atoms with van der Waals surface area (Å²) in [4.78, 5) is 22.9. The Bertz CT molecular complexity index is 583. The molecule has 0 radical (unpaired) electrons. The largest absolute Gasteiger partial charge is 0.481 e. The van der Waals surface area contributed by atoms with Gasteiger partial charge in [0.15, 0.2) is 17.3 Å². The summed E-state index contributed by atoms with van der Waals surface area (Å²) in [5.74, 6) is -1.31. The first kappa shape index (κ1) is 12.3. The van der Waals surface area contributed by atoms with E-state index in [4.69, 9.17) is 26.2 Å². The summed E-state index contributed by atoms with van der Waals surface area (Å²) in [6, 6.07) is 3.06. The van der Waals surface area contributed by atoms with Crippen LogP contribution in [0.25, 0.3) is 0 Å². The number of Topliss-reactive ketones (excluding diaryl/α,β-unsaturated/α-hetero) is 1. The Morgan fingerprint density at radius 2 is 2.05 bits per heavy atom. The third kappa shape index (κ3) is 2.04. The fourth-order valence-electron chi connectivity index (χ4n) is 2.25. The molecule has 1 saturated carbocycles. The van der Waals surface area contributed by atoms with Gasteiger partial charge in [0, 0.05) is 18.4 Å². The van der Waals surface area contributed by atoms with Crippen LogP contribution in [0, 0.1) is 11.8 Å². The minimum Gasteiger partial charge on any atom is -0.481 e. The third-order valence-corrected chi connectivity index (χ3v) is 3.60. The molecule has 0 spiro atoms. The van der Waals surface area contributed by atoms with Gasteiger partial charge in [-0.05, 0) is 18.6 Å². The molecule has 1 aromatic rings. The molecule has 0 saturated heterocycles. The van der Waals surface area contributed by atoms with Gasteiger partial charge in [-0.3, -0.25) is 9.59 Å². The maximum absolute atomic E-state index is 12.1. The molecular weight excluding hydrogens is 272 g/mol. The van der Waals surface area contributed by atoms with Crippen molar-refractivity contribution >= 4 is 23.4 Å². The number of carboxylic acid groups (broad SMARTS) is 1. The van der Waals surface area contributed by atoms with Gasteiger partial charge in [-0.2, -0.15) is 0 Å². The van der Waals surface area contributed by atoms with Gasteiger partial charge in [-0.1, -0.05) is 11.6 Å². The highest BCUT2D eigenvalue weighted by atomic mass is 35.5. The second-order valence-electron chi connectivity index (χ2n) is 4.74. The molecule has 0 amide bonds. The Morgan fingerprint density at radius 3 is 2.68 bits per heavy atom. The number of carboxylic acids is 1. The van der Waals surface area contributed by atoms with Crippen molar-refractivity contribution in [1.82, 2.24) is 0 Å². The number of benzene rings is 1. The van der Waals surface area contributed by atoms with Gasteiger partial charge in [0.2, 0.25) is 6.29 Å². The van der Waals surface area contributed by atoms with Crippen LogP contribution >= 0.6 is 11.6 Å². The number of hydrogen-bond donors (Lipinski definition) is 1. The maximum Gasteiger partial charge on any atom is 0.307 e. The van der Waals surface area contributed by atoms with E-state index >= 15 is 0 Å². The zero-order valence-corrected chi connectivity index (χ0v) is 10.8. The second-order valence-corrected chi connectivity index (χ2v) is 5.15. The van der Waals surface area contributed by atoms with Gasteiger partial charge < -0.3 is 14.6 Å². The van der Waals surface area contributed by atoms with E-state index < -0.39 is 24.1 Å². The number of fused-ring (bicyclic) bond motifs is 1. The van der Waals surface area contributed by atoms with Crippen molar-refractivity contribution in [3.8, 4) is 11.5 Å². The minimum absolute atomic E-state index is 0.208. The number of carbonyl (C=O) groups excluding carboxylic acids is 1. The summed E-state index contributed by atoms with van der Waals surface area (Å²) in [6.45, 7) is 1.72. The Hall–Kier alpha value is -1.75. The smallest absolute Gasteiger partial charge is 0.307 e. The standard InChI is InChI=1S/C13H11ClO5/c1-5-18-10-3-6(2-9(14)12(10)19-5)11(15)7-4-8(7)13(16)17/h2-3,5,7-8H,4H2,1H3,(H,16,17)/t5?,7-,8?/m0/s1. The predicted octanol–water partition coefficient (Wildman–Crippen LogP) is 2.36. The molecular formula is C13H11ClO5. The quantitative estimate of drug-likeness (QED) is 0.862. The van der Waals surface area contributed by atoms with Crippen molar-refractivity contribution in [3.05, 3.63) is 22.7 Å². The number of ketones is 1. The van der Waals surface area contributed by atoms with Crippen molar-refractivity contribution < 1.29 is 24.2 Å². The molecule has 1 N–H and O–H groups in total. The van der Waals surface area contributed by atoms with Crippen LogP contribution in [0.1, 0.15) is 23.7 Å². The van der Waals surface area contributed by atoms with E-state index in [-0.39, 0.29) is 5.78 Å². The Labute approximate surface area is 114 Å². The molecule has 1 fully saturated rings. The van der Waals surface area contributed by atoms with Gasteiger partial charge >= 0.3 is 5.97 Å². The SMILES string of the molecule is CC1Oc2cc(C(=O)[C@H]3CC3C(=O)O)cc(Cl)c2O1. The molecule has 6 heteroatoms. The number of aliphatic carboxylic acids is 1. The lowest BCUT2D eigenvalue weighted by atomic mass is 10.1. The van der Waals surface area contributed by atoms with Crippen LogP contribution in [-0.2, 0) is 4.79 Å². The van der Waals surface area contributed by atoms with Gasteiger partial charge in [0.1, 0.15) is 0 Å². The molecule has 1 aliphatic heterocycles. The molecule has 100 valence electrons. The normalized spacial score (nSPS) is 27.2. The van der Waals surface area contributed by atoms with Crippen LogP contribution in [0.15, 0.2) is 12.1 Å². The zero-order chi connectivity index (χ0) is 13.7. The van der Waals surface area contributed by atoms with Crippen molar-refractivity contribution in [2.75, 3.05) is 0 Å². The Kier molecular flexibility index (Phi) is 2.67. The van der Waals surface area contributed by atoms with Gasteiger partial charge in [-0.25, -0.2) is 0 Å². The lowest BCUT2D eigenvalue weighted by Crippen LogP contribution is -2.11. The van der Waals surface area contributed by atoms with E-state index in [1.165, 1.54) is 6.07 Å². The Balaban J connectivity index is 1.87. The maximum atomic E-state index is 12.1. The summed E-state index contributed by atoms with van der Waals surface area (Å²) in [5, 5.41) is 9.14. The summed E-state index contributed by atoms with van der Waals surface area (Å²) in [6.07, 6.45) is -0.0538. The molecule has 1 aliphatic carbocycles. The van der Waals surface area contributed by atoms with E-state index in [9.17, 15) is 9.59 Å². The van der Waals surface area contributed by atoms with Crippen LogP contribution in [0.3, 0.4) is 0 Å². The number of carbonyl (C=O) groups is 2. The number of rotatable bonds is 3. The molecule has 5 nitrogen and oxygen atoms in total. The molecule has 3 rings (SSSR count). The summed E-state index contributed by atoms with van der Waals surface area (Å²) >= 11 is 6.03. The van der Waals surface area contributed by atoms with E-state index in [2.05, 4.69) is 0 Å². The van der Waals surface area contributed by atoms with Crippen LogP contribution in [0.4, 0.5) is 0 Å². The van der Waals surface area contributed by atoms with Gasteiger partial charge in [0.05, 0.1) is 10.9 Å². The lowest BCUT2D eigenvalue weighted by Gasteiger charge is -2.03. The first-order valence-electron chi connectivity index (χ1n) is 5.91. The number of halogens is 1. The van der Waals surface area contributed by atoms with Crippen LogP contribution in [-0.4, -0.2) is 23.1 Å². The molecule has 2 unspecified atom stereocenters. The second kappa shape index (κ2) is 4.13. The van der Waals surface area contributed by atoms with Gasteiger partial charge in [-0.15, -0.1) is 0 Å². The molecule has 2 aliphatic rings. The fraction of sp³-hybridized carbons (Fsp3) is 0.385. The molecule has 19 heavy (non-hydrogen) atoms. The first-order valence-corrected chi connectivity index (χ1v) is 6.29. The molecule has 0 aromatic heterocycles. The summed E-state index contributed by atoms with van der Waals surface area (Å²) < 4.78 is 10.7. The monoisotopic (exact) mass is 282 g/mol. The van der Waals surface area contributed by atoms with Crippen molar-refractivity contribution in [2.24, 2.45) is 11.8 Å². The molecule has 0 bridgehead atoms. The lowest BCUT2D eigenvalue weighted by molar-refractivity contribution is -0.138.